The summed E-state index contributed by atoms with van der Waals surface area (Å²) in [6, 6.07) is 33.1. The van der Waals surface area contributed by atoms with Gasteiger partial charge in [0.15, 0.2) is 0 Å². The molecule has 0 aromatic heterocycles. The minimum Gasteiger partial charge on any atom is -1.00 e. The number of hydrogen-bond donors (Lipinski definition) is 1. The van der Waals surface area contributed by atoms with E-state index in [4.69, 9.17) is 10.7 Å². The SMILES string of the molecule is CCCCCCCCC(C1=C(c2ccccc2)C(c2ccccc2)=C(c2ccccc2)C1C)C(C)(C)C(N)=NC(C)(C)C.[Cl-].[Cl-].[Ti+2]. The molecule has 0 fully saturated rings. The Balaban J connectivity index is 0.00000353. The Morgan fingerprint density at radius 2 is 1.11 bits per heavy atom. The van der Waals surface area contributed by atoms with E-state index in [9.17, 15) is 0 Å². The number of amidine groups is 1. The van der Waals surface area contributed by atoms with Crippen molar-refractivity contribution in [3.63, 3.8) is 0 Å². The van der Waals surface area contributed by atoms with Crippen molar-refractivity contribution in [3.8, 4) is 0 Å². The molecule has 0 radical (unpaired) electrons. The third-order valence-corrected chi connectivity index (χ3v) is 9.13. The minimum absolute atomic E-state index is 0. The fourth-order valence-corrected chi connectivity index (χ4v) is 6.89. The molecule has 0 heterocycles. The molecule has 1 aliphatic carbocycles. The molecule has 0 amide bonds. The van der Waals surface area contributed by atoms with Gasteiger partial charge in [-0.05, 0) is 66.5 Å². The summed E-state index contributed by atoms with van der Waals surface area (Å²) in [5, 5.41) is 0. The first-order chi connectivity index (χ1) is 20.6. The van der Waals surface area contributed by atoms with Crippen molar-refractivity contribution in [2.24, 2.45) is 28.0 Å². The van der Waals surface area contributed by atoms with Crippen LogP contribution in [0, 0.1) is 17.3 Å². The van der Waals surface area contributed by atoms with Crippen LogP contribution in [0.2, 0.25) is 0 Å². The molecule has 4 rings (SSSR count). The molecule has 2 atom stereocenters. The summed E-state index contributed by atoms with van der Waals surface area (Å²) in [4.78, 5) is 5.08. The molecule has 2 N–H and O–H groups in total. The van der Waals surface area contributed by atoms with E-state index in [1.165, 1.54) is 77.5 Å². The van der Waals surface area contributed by atoms with Crippen molar-refractivity contribution in [1.82, 2.24) is 0 Å². The molecule has 1 aliphatic rings. The number of unbranched alkanes of at least 4 members (excludes halogenated alkanes) is 5. The summed E-state index contributed by atoms with van der Waals surface area (Å²) in [7, 11) is 0. The average molecular weight is 694 g/mol. The number of benzene rings is 3. The fraction of sp³-hybridized carbons (Fsp3) is 0.439. The van der Waals surface area contributed by atoms with Crippen LogP contribution in [0.3, 0.4) is 0 Å². The summed E-state index contributed by atoms with van der Waals surface area (Å²) in [6.45, 7) is 15.8. The maximum absolute atomic E-state index is 7.01. The summed E-state index contributed by atoms with van der Waals surface area (Å²) >= 11 is 0. The normalized spacial score (nSPS) is 16.0. The number of nitrogens with two attached hydrogens (primary N) is 1. The summed E-state index contributed by atoms with van der Waals surface area (Å²) in [5.41, 5.74) is 16.0. The molecule has 5 heteroatoms. The van der Waals surface area contributed by atoms with Gasteiger partial charge in [-0.3, -0.25) is 4.99 Å². The van der Waals surface area contributed by atoms with Gasteiger partial charge in [0, 0.05) is 11.3 Å². The van der Waals surface area contributed by atoms with Gasteiger partial charge in [0.25, 0.3) is 0 Å². The Bertz CT molecular complexity index is 1420. The quantitative estimate of drug-likeness (QED) is 0.113. The van der Waals surface area contributed by atoms with Gasteiger partial charge in [-0.1, -0.05) is 163 Å². The van der Waals surface area contributed by atoms with Gasteiger partial charge in [-0.2, -0.15) is 0 Å². The smallest absolute Gasteiger partial charge is 1.00 e. The van der Waals surface area contributed by atoms with E-state index in [0.29, 0.717) is 0 Å². The first-order valence-electron chi connectivity index (χ1n) is 16.6. The number of allylic oxidation sites excluding steroid dienone is 4. The third kappa shape index (κ3) is 10.2. The first-order valence-corrected chi connectivity index (χ1v) is 16.6. The van der Waals surface area contributed by atoms with Gasteiger partial charge in [-0.25, -0.2) is 0 Å². The van der Waals surface area contributed by atoms with Gasteiger partial charge in [0.1, 0.15) is 5.84 Å². The number of aliphatic imine (C=N–C) groups is 1. The summed E-state index contributed by atoms with van der Waals surface area (Å²) in [6.07, 6.45) is 8.78. The predicted molar refractivity (Wildman–Crippen MR) is 189 cm³/mol. The van der Waals surface area contributed by atoms with Crippen LogP contribution in [0.1, 0.15) is 110 Å². The Morgan fingerprint density at radius 1 is 0.674 bits per heavy atom. The van der Waals surface area contributed by atoms with E-state index in [2.05, 4.69) is 139 Å². The number of nitrogens with zero attached hydrogens (tertiary/aromatic N) is 1. The van der Waals surface area contributed by atoms with Gasteiger partial charge >= 0.3 is 21.7 Å². The summed E-state index contributed by atoms with van der Waals surface area (Å²) < 4.78 is 0. The largest absolute Gasteiger partial charge is 2.00 e. The van der Waals surface area contributed by atoms with Crippen LogP contribution < -0.4 is 30.5 Å². The van der Waals surface area contributed by atoms with Crippen molar-refractivity contribution < 1.29 is 46.5 Å². The molecule has 0 saturated heterocycles. The van der Waals surface area contributed by atoms with E-state index in [0.717, 1.165) is 12.3 Å². The molecule has 0 saturated carbocycles. The second-order valence-electron chi connectivity index (χ2n) is 13.9. The van der Waals surface area contributed by atoms with Crippen LogP contribution in [0.5, 0.6) is 0 Å². The zero-order chi connectivity index (χ0) is 31.0. The van der Waals surface area contributed by atoms with Crippen LogP contribution in [0.4, 0.5) is 0 Å². The zero-order valence-electron chi connectivity index (χ0n) is 29.0. The topological polar surface area (TPSA) is 38.4 Å². The molecule has 2 nitrogen and oxygen atoms in total. The molecule has 0 aliphatic heterocycles. The van der Waals surface area contributed by atoms with Crippen molar-refractivity contribution in [2.75, 3.05) is 0 Å². The molecular formula is C41H54Cl2N2Ti. The Morgan fingerprint density at radius 3 is 1.59 bits per heavy atom. The minimum atomic E-state index is -0.311. The van der Waals surface area contributed by atoms with Crippen LogP contribution in [-0.2, 0) is 21.7 Å². The Kier molecular flexibility index (Phi) is 17.4. The number of hydrogen-bond acceptors (Lipinski definition) is 1. The van der Waals surface area contributed by atoms with Crippen molar-refractivity contribution in [2.45, 2.75) is 99.0 Å². The van der Waals surface area contributed by atoms with Crippen LogP contribution in [0.15, 0.2) is 102 Å². The van der Waals surface area contributed by atoms with E-state index < -0.39 is 0 Å². The second-order valence-corrected chi connectivity index (χ2v) is 13.9. The number of halogens is 2. The monoisotopic (exact) mass is 692 g/mol. The van der Waals surface area contributed by atoms with Gasteiger partial charge in [0.05, 0.1) is 5.54 Å². The maximum atomic E-state index is 7.01. The fourth-order valence-electron chi connectivity index (χ4n) is 6.89. The number of rotatable bonds is 13. The summed E-state index contributed by atoms with van der Waals surface area (Å²) in [5.74, 6) is 1.24. The van der Waals surface area contributed by atoms with Crippen molar-refractivity contribution in [1.29, 1.82) is 0 Å². The van der Waals surface area contributed by atoms with Crippen molar-refractivity contribution in [3.05, 3.63) is 113 Å². The molecule has 246 valence electrons. The molecule has 46 heavy (non-hydrogen) atoms. The van der Waals surface area contributed by atoms with E-state index >= 15 is 0 Å². The molecule has 2 unspecified atom stereocenters. The van der Waals surface area contributed by atoms with Gasteiger partial charge in [-0.15, -0.1) is 0 Å². The van der Waals surface area contributed by atoms with Crippen LogP contribution in [0.25, 0.3) is 16.7 Å². The Hall–Kier alpha value is -2.10. The molecule has 3 aromatic rings. The second kappa shape index (κ2) is 19.0. The van der Waals surface area contributed by atoms with E-state index in [1.54, 1.807) is 0 Å². The molecule has 0 spiro atoms. The first kappa shape index (κ1) is 41.9. The molecular weight excluding hydrogens is 639 g/mol. The van der Waals surface area contributed by atoms with E-state index in [1.807, 2.05) is 0 Å². The van der Waals surface area contributed by atoms with Crippen LogP contribution >= 0.6 is 0 Å². The van der Waals surface area contributed by atoms with Gasteiger partial charge < -0.3 is 30.5 Å². The molecule has 0 bridgehead atoms. The van der Waals surface area contributed by atoms with E-state index in [-0.39, 0.29) is 69.3 Å². The standard InChI is InChI=1S/C41H54N2.2ClH.Ti/c1-8-9-10-11-12-22-29-34(41(6,7)39(42)43-40(3,4)5)36-30(2)35(31-23-16-13-17-24-31)37(32-25-18-14-19-26-32)38(36)33-27-20-15-21-28-33;;;/h13-21,23-28,30,34H,8-12,22,29H2,1-7H3,(H2,42,43);2*1H;/q;;;+2/p-2. The van der Waals surface area contributed by atoms with Crippen molar-refractivity contribution >= 4 is 22.6 Å². The zero-order valence-corrected chi connectivity index (χ0v) is 32.1. The molecule has 3 aromatic carbocycles. The third-order valence-electron chi connectivity index (χ3n) is 9.13. The van der Waals surface area contributed by atoms with Gasteiger partial charge in [0.2, 0.25) is 0 Å². The predicted octanol–water partition coefficient (Wildman–Crippen LogP) is 5.26. The van der Waals surface area contributed by atoms with Crippen LogP contribution in [-0.4, -0.2) is 11.4 Å². The Labute approximate surface area is 307 Å². The average Bonchev–Trinajstić information content (AvgIpc) is 3.29. The maximum Gasteiger partial charge on any atom is 2.00 e.